The predicted octanol–water partition coefficient (Wildman–Crippen LogP) is 2.77. The minimum atomic E-state index is 1.09. The van der Waals surface area contributed by atoms with E-state index >= 15 is 0 Å². The van der Waals surface area contributed by atoms with E-state index < -0.39 is 0 Å². The Morgan fingerprint density at radius 3 is 2.19 bits per heavy atom. The fourth-order valence-electron chi connectivity index (χ4n) is 1.74. The van der Waals surface area contributed by atoms with Crippen LogP contribution in [0.15, 0.2) is 30.8 Å². The third-order valence-electron chi connectivity index (χ3n) is 2.61. The normalized spacial score (nSPS) is 15.0. The Hall–Kier alpha value is -1.28. The van der Waals surface area contributed by atoms with Crippen LogP contribution in [0.3, 0.4) is 0 Å². The number of hydrogen-bond acceptors (Lipinski definition) is 2. The summed E-state index contributed by atoms with van der Waals surface area (Å²) in [6.45, 7) is 12.1. The Morgan fingerprint density at radius 1 is 1.12 bits per heavy atom. The van der Waals surface area contributed by atoms with Crippen LogP contribution in [0.1, 0.15) is 19.4 Å². The van der Waals surface area contributed by atoms with E-state index in [0.717, 1.165) is 26.2 Å². The Bertz CT molecular complexity index is 297. The number of piperazine rings is 1. The molecule has 1 aromatic carbocycles. The second-order valence-electron chi connectivity index (χ2n) is 3.53. The highest BCUT2D eigenvalue weighted by Gasteiger charge is 2.09. The molecule has 0 aliphatic carbocycles. The topological polar surface area (TPSA) is 15.3 Å². The van der Waals surface area contributed by atoms with Crippen LogP contribution in [-0.4, -0.2) is 26.2 Å². The Labute approximate surface area is 99.0 Å². The number of nitrogens with one attached hydrogen (secondary N) is 1. The molecule has 0 aromatic heterocycles. The molecule has 88 valence electrons. The Morgan fingerprint density at radius 2 is 1.69 bits per heavy atom. The van der Waals surface area contributed by atoms with E-state index in [-0.39, 0.29) is 0 Å². The number of benzene rings is 1. The first-order valence-corrected chi connectivity index (χ1v) is 6.08. The quantitative estimate of drug-likeness (QED) is 0.821. The van der Waals surface area contributed by atoms with Crippen LogP contribution in [0.2, 0.25) is 0 Å². The van der Waals surface area contributed by atoms with E-state index in [4.69, 9.17) is 0 Å². The zero-order valence-electron chi connectivity index (χ0n) is 10.4. The van der Waals surface area contributed by atoms with Gasteiger partial charge in [0.05, 0.1) is 0 Å². The first-order valence-electron chi connectivity index (χ1n) is 6.08. The van der Waals surface area contributed by atoms with Crippen LogP contribution in [0.5, 0.6) is 0 Å². The van der Waals surface area contributed by atoms with E-state index in [9.17, 15) is 0 Å². The molecule has 0 bridgehead atoms. The molecule has 2 nitrogen and oxygen atoms in total. The number of rotatable bonds is 2. The van der Waals surface area contributed by atoms with E-state index in [1.807, 2.05) is 19.9 Å². The third kappa shape index (κ3) is 3.38. The minimum absolute atomic E-state index is 1.09. The summed E-state index contributed by atoms with van der Waals surface area (Å²) in [5.74, 6) is 0. The highest BCUT2D eigenvalue weighted by molar-refractivity contribution is 5.55. The Balaban J connectivity index is 0.000000606. The maximum absolute atomic E-state index is 3.75. The number of anilines is 1. The summed E-state index contributed by atoms with van der Waals surface area (Å²) in [6.07, 6.45) is 1.88. The van der Waals surface area contributed by atoms with Crippen molar-refractivity contribution in [2.24, 2.45) is 0 Å². The maximum Gasteiger partial charge on any atom is 0.0367 e. The van der Waals surface area contributed by atoms with Gasteiger partial charge in [-0.25, -0.2) is 0 Å². The lowest BCUT2D eigenvalue weighted by Gasteiger charge is -2.29. The van der Waals surface area contributed by atoms with Gasteiger partial charge in [-0.3, -0.25) is 0 Å². The molecule has 1 fully saturated rings. The van der Waals surface area contributed by atoms with Gasteiger partial charge in [-0.2, -0.15) is 0 Å². The van der Waals surface area contributed by atoms with Crippen LogP contribution in [-0.2, 0) is 0 Å². The second-order valence-corrected chi connectivity index (χ2v) is 3.53. The first-order chi connectivity index (χ1) is 7.90. The van der Waals surface area contributed by atoms with Gasteiger partial charge >= 0.3 is 0 Å². The third-order valence-corrected chi connectivity index (χ3v) is 2.61. The number of nitrogens with zero attached hydrogens (tertiary/aromatic N) is 1. The zero-order valence-corrected chi connectivity index (χ0v) is 10.4. The lowest BCUT2D eigenvalue weighted by molar-refractivity contribution is 0.589. The SMILES string of the molecule is C=Cc1ccc(N2CCNCC2)cc1.CC. The van der Waals surface area contributed by atoms with Crippen LogP contribution < -0.4 is 10.2 Å². The summed E-state index contributed by atoms with van der Waals surface area (Å²) in [7, 11) is 0. The molecule has 0 unspecified atom stereocenters. The maximum atomic E-state index is 3.75. The van der Waals surface area contributed by atoms with Crippen molar-refractivity contribution in [3.8, 4) is 0 Å². The smallest absolute Gasteiger partial charge is 0.0367 e. The largest absolute Gasteiger partial charge is 0.369 e. The molecule has 0 spiro atoms. The van der Waals surface area contributed by atoms with Gasteiger partial charge in [0.1, 0.15) is 0 Å². The van der Waals surface area contributed by atoms with Crippen LogP contribution in [0.25, 0.3) is 6.08 Å². The summed E-state index contributed by atoms with van der Waals surface area (Å²) >= 11 is 0. The van der Waals surface area contributed by atoms with Crippen molar-refractivity contribution in [3.05, 3.63) is 36.4 Å². The van der Waals surface area contributed by atoms with E-state index in [2.05, 4.69) is 41.1 Å². The molecule has 0 amide bonds. The lowest BCUT2D eigenvalue weighted by atomic mass is 10.2. The standard InChI is InChI=1S/C12H16N2.C2H6/c1-2-11-3-5-12(6-4-11)14-9-7-13-8-10-14;1-2/h2-6,13H,1,7-10H2;1-2H3. The van der Waals surface area contributed by atoms with Gasteiger partial charge in [-0.05, 0) is 17.7 Å². The van der Waals surface area contributed by atoms with E-state index in [0.29, 0.717) is 0 Å². The summed E-state index contributed by atoms with van der Waals surface area (Å²) < 4.78 is 0. The molecule has 1 N–H and O–H groups in total. The zero-order chi connectivity index (χ0) is 11.8. The highest BCUT2D eigenvalue weighted by Crippen LogP contribution is 2.15. The molecular weight excluding hydrogens is 196 g/mol. The molecule has 0 saturated carbocycles. The van der Waals surface area contributed by atoms with E-state index in [1.54, 1.807) is 0 Å². The van der Waals surface area contributed by atoms with Gasteiger partial charge in [-0.15, -0.1) is 0 Å². The minimum Gasteiger partial charge on any atom is -0.369 e. The molecule has 1 aliphatic heterocycles. The molecule has 1 aliphatic rings. The summed E-state index contributed by atoms with van der Waals surface area (Å²) in [5.41, 5.74) is 2.50. The molecule has 1 heterocycles. The molecule has 16 heavy (non-hydrogen) atoms. The van der Waals surface area contributed by atoms with Gasteiger partial charge in [0.15, 0.2) is 0 Å². The van der Waals surface area contributed by atoms with Crippen LogP contribution in [0.4, 0.5) is 5.69 Å². The average Bonchev–Trinajstić information content (AvgIpc) is 2.42. The number of hydrogen-bond donors (Lipinski definition) is 1. The van der Waals surface area contributed by atoms with Crippen molar-refractivity contribution in [2.75, 3.05) is 31.1 Å². The molecular formula is C14H22N2. The second kappa shape index (κ2) is 7.07. The molecule has 1 saturated heterocycles. The fourth-order valence-corrected chi connectivity index (χ4v) is 1.74. The molecule has 1 aromatic rings. The fraction of sp³-hybridized carbons (Fsp3) is 0.429. The first kappa shape index (κ1) is 12.8. The summed E-state index contributed by atoms with van der Waals surface area (Å²) in [5, 5.41) is 3.35. The van der Waals surface area contributed by atoms with Gasteiger partial charge < -0.3 is 10.2 Å². The van der Waals surface area contributed by atoms with E-state index in [1.165, 1.54) is 11.3 Å². The van der Waals surface area contributed by atoms with Crippen molar-refractivity contribution >= 4 is 11.8 Å². The molecule has 0 atom stereocenters. The summed E-state index contributed by atoms with van der Waals surface area (Å²) in [4.78, 5) is 2.41. The average molecular weight is 218 g/mol. The Kier molecular flexibility index (Phi) is 5.65. The van der Waals surface area contributed by atoms with Crippen molar-refractivity contribution in [2.45, 2.75) is 13.8 Å². The predicted molar refractivity (Wildman–Crippen MR) is 73.0 cm³/mol. The van der Waals surface area contributed by atoms with Crippen molar-refractivity contribution in [1.82, 2.24) is 5.32 Å². The summed E-state index contributed by atoms with van der Waals surface area (Å²) in [6, 6.07) is 8.57. The highest BCUT2D eigenvalue weighted by atomic mass is 15.2. The lowest BCUT2D eigenvalue weighted by Crippen LogP contribution is -2.43. The molecule has 0 radical (unpaired) electrons. The van der Waals surface area contributed by atoms with Gasteiger partial charge in [0, 0.05) is 31.9 Å². The van der Waals surface area contributed by atoms with Gasteiger partial charge in [-0.1, -0.05) is 38.6 Å². The van der Waals surface area contributed by atoms with Gasteiger partial charge in [0.2, 0.25) is 0 Å². The molecule has 2 heteroatoms. The van der Waals surface area contributed by atoms with Crippen LogP contribution in [0, 0.1) is 0 Å². The van der Waals surface area contributed by atoms with Crippen molar-refractivity contribution in [3.63, 3.8) is 0 Å². The van der Waals surface area contributed by atoms with Gasteiger partial charge in [0.25, 0.3) is 0 Å². The van der Waals surface area contributed by atoms with Crippen LogP contribution >= 0.6 is 0 Å². The van der Waals surface area contributed by atoms with Crippen molar-refractivity contribution in [1.29, 1.82) is 0 Å². The molecule has 2 rings (SSSR count). The monoisotopic (exact) mass is 218 g/mol. The van der Waals surface area contributed by atoms with Crippen molar-refractivity contribution < 1.29 is 0 Å².